The van der Waals surface area contributed by atoms with Crippen molar-refractivity contribution in [1.82, 2.24) is 20.5 Å². The summed E-state index contributed by atoms with van der Waals surface area (Å²) in [6.45, 7) is 7.99. The zero-order valence-corrected chi connectivity index (χ0v) is 33.6. The highest BCUT2D eigenvalue weighted by Gasteiger charge is 2.62. The van der Waals surface area contributed by atoms with Crippen LogP contribution in [0.4, 0.5) is 4.79 Å². The molecule has 2 N–H and O–H groups in total. The van der Waals surface area contributed by atoms with E-state index in [1.165, 1.54) is 32.7 Å². The van der Waals surface area contributed by atoms with E-state index in [9.17, 15) is 19.2 Å². The lowest BCUT2D eigenvalue weighted by Crippen LogP contribution is -2.56. The smallest absolute Gasteiger partial charge is 0.408 e. The number of benzene rings is 1. The summed E-state index contributed by atoms with van der Waals surface area (Å²) in [7, 11) is 5.88. The maximum Gasteiger partial charge on any atom is 0.408 e. The van der Waals surface area contributed by atoms with Crippen molar-refractivity contribution in [2.75, 3.05) is 48.2 Å². The lowest BCUT2D eigenvalue weighted by atomic mass is 10.1. The molecule has 6 rings (SSSR count). The molecule has 1 unspecified atom stereocenters. The van der Waals surface area contributed by atoms with Crippen LogP contribution in [0.5, 0.6) is 11.5 Å². The first-order valence-electron chi connectivity index (χ1n) is 19.2. The Morgan fingerprint density at radius 3 is 2.39 bits per heavy atom. The number of nitrogens with zero attached hydrogens (tertiary/aromatic N) is 2. The van der Waals surface area contributed by atoms with Gasteiger partial charge in [-0.15, -0.1) is 0 Å². The summed E-state index contributed by atoms with van der Waals surface area (Å²) in [5.74, 6) is 0.248. The molecule has 56 heavy (non-hydrogen) atoms. The summed E-state index contributed by atoms with van der Waals surface area (Å²) in [6, 6.07) is 3.01. The van der Waals surface area contributed by atoms with Crippen molar-refractivity contribution < 1.29 is 52.3 Å². The molecule has 0 spiro atoms. The Balaban J connectivity index is 1.28. The second-order valence-corrected chi connectivity index (χ2v) is 15.6. The average molecular weight is 801 g/mol. The number of likely N-dealkylation sites (tertiary alicyclic amines) is 1. The summed E-state index contributed by atoms with van der Waals surface area (Å²) in [5, 5.41) is 6.46. The Morgan fingerprint density at radius 2 is 1.77 bits per heavy atom. The van der Waals surface area contributed by atoms with Gasteiger partial charge < -0.3 is 48.7 Å². The van der Waals surface area contributed by atoms with Gasteiger partial charge in [0.2, 0.25) is 11.8 Å². The number of pyridine rings is 1. The van der Waals surface area contributed by atoms with Crippen LogP contribution in [0.1, 0.15) is 58.1 Å². The molecule has 15 nitrogen and oxygen atoms in total. The molecule has 1 aromatic heterocycles. The van der Waals surface area contributed by atoms with Crippen molar-refractivity contribution in [3.05, 3.63) is 41.1 Å². The number of methoxy groups -OCH3 is 4. The van der Waals surface area contributed by atoms with Gasteiger partial charge in [0.15, 0.2) is 6.29 Å². The van der Waals surface area contributed by atoms with Crippen molar-refractivity contribution in [2.45, 2.75) is 94.9 Å². The van der Waals surface area contributed by atoms with E-state index in [0.717, 1.165) is 12.8 Å². The number of esters is 1. The van der Waals surface area contributed by atoms with Crippen LogP contribution in [0.2, 0.25) is 5.02 Å². The molecule has 0 bridgehead atoms. The first-order chi connectivity index (χ1) is 26.9. The first kappa shape index (κ1) is 41.5. The number of halogens is 1. The minimum absolute atomic E-state index is 0.0204. The van der Waals surface area contributed by atoms with Gasteiger partial charge in [-0.1, -0.05) is 31.5 Å². The van der Waals surface area contributed by atoms with E-state index in [-0.39, 0.29) is 36.6 Å². The molecule has 306 valence electrons. The second kappa shape index (κ2) is 17.5. The third-order valence-electron chi connectivity index (χ3n) is 11.5. The van der Waals surface area contributed by atoms with Gasteiger partial charge in [-0.25, -0.2) is 9.59 Å². The molecule has 2 heterocycles. The quantitative estimate of drug-likeness (QED) is 0.124. The zero-order chi connectivity index (χ0) is 40.3. The van der Waals surface area contributed by atoms with Crippen molar-refractivity contribution in [1.29, 1.82) is 0 Å². The molecule has 16 heteroatoms. The number of hydrogen-bond acceptors (Lipinski definition) is 12. The third-order valence-corrected chi connectivity index (χ3v) is 11.8. The summed E-state index contributed by atoms with van der Waals surface area (Å²) < 4.78 is 39.1. The number of amides is 3. The highest BCUT2D eigenvalue weighted by Crippen LogP contribution is 2.52. The van der Waals surface area contributed by atoms with Gasteiger partial charge in [0.1, 0.15) is 53.0 Å². The average Bonchev–Trinajstić information content (AvgIpc) is 3.99. The minimum atomic E-state index is -1.19. The van der Waals surface area contributed by atoms with E-state index in [0.29, 0.717) is 71.4 Å². The van der Waals surface area contributed by atoms with Crippen molar-refractivity contribution in [3.8, 4) is 11.5 Å². The maximum atomic E-state index is 14.4. The number of nitrogens with one attached hydrogen (secondary N) is 2. The number of hydrogen-bond donors (Lipinski definition) is 2. The van der Waals surface area contributed by atoms with E-state index >= 15 is 0 Å². The molecule has 2 aromatic rings. The molecule has 1 saturated heterocycles. The highest BCUT2D eigenvalue weighted by molar-refractivity contribution is 6.36. The van der Waals surface area contributed by atoms with Crippen LogP contribution in [0.15, 0.2) is 30.4 Å². The summed E-state index contributed by atoms with van der Waals surface area (Å²) in [4.78, 5) is 60.9. The minimum Gasteiger partial charge on any atom is -0.488 e. The molecule has 1 aromatic carbocycles. The predicted molar refractivity (Wildman–Crippen MR) is 204 cm³/mol. The van der Waals surface area contributed by atoms with Gasteiger partial charge >= 0.3 is 12.1 Å². The first-order valence-corrected chi connectivity index (χ1v) is 19.5. The lowest BCUT2D eigenvalue weighted by Gasteiger charge is -2.30. The number of rotatable bonds is 18. The van der Waals surface area contributed by atoms with Crippen LogP contribution in [-0.2, 0) is 44.5 Å². The van der Waals surface area contributed by atoms with E-state index in [1.54, 1.807) is 32.2 Å². The van der Waals surface area contributed by atoms with E-state index in [1.807, 2.05) is 6.92 Å². The molecule has 4 aliphatic rings. The molecule has 3 aliphatic carbocycles. The SMILES string of the molecule is C=C(C)[C@H](NC(=O)OC1C[C@@H]2C[C@@H]2C1)C(=O)N1C[C@H](Oc2cc(CCOC)nc3c(Cl)c(OCC(OC)OC)ccc23)C[C@H]1C(=O)N[C@]1(C(=O)OC)C[C@H]1CC. The van der Waals surface area contributed by atoms with E-state index in [4.69, 9.17) is 49.7 Å². The van der Waals surface area contributed by atoms with Crippen molar-refractivity contribution in [3.63, 3.8) is 0 Å². The van der Waals surface area contributed by atoms with Gasteiger partial charge in [-0.2, -0.15) is 0 Å². The predicted octanol–water partition coefficient (Wildman–Crippen LogP) is 4.35. The molecular weight excluding hydrogens is 748 g/mol. The molecular formula is C40H53ClN4O11. The van der Waals surface area contributed by atoms with Crippen LogP contribution in [0.25, 0.3) is 10.9 Å². The fourth-order valence-electron chi connectivity index (χ4n) is 8.13. The largest absolute Gasteiger partial charge is 0.488 e. The van der Waals surface area contributed by atoms with Gasteiger partial charge in [0.25, 0.3) is 0 Å². The molecule has 0 radical (unpaired) electrons. The summed E-state index contributed by atoms with van der Waals surface area (Å²) in [5.41, 5.74) is 0.224. The number of aromatic nitrogens is 1. The second-order valence-electron chi connectivity index (χ2n) is 15.3. The number of carbonyl (C=O) groups is 4. The van der Waals surface area contributed by atoms with Crippen LogP contribution in [0.3, 0.4) is 0 Å². The third kappa shape index (κ3) is 8.85. The molecule has 3 saturated carbocycles. The van der Waals surface area contributed by atoms with E-state index < -0.39 is 53.9 Å². The standard InChI is InChI=1S/C40H53ClN4O11/c1-8-24-18-40(24,38(48)53-7)44-36(46)29-17-27(19-45(29)37(47)34(21(2)3)43-39(49)56-26-14-22-13-23(22)15-26)55-31-16-25(11-12-50-4)42-35-28(31)9-10-30(33(35)41)54-20-32(51-5)52-6/h9-10,16,22-24,26-27,29,32,34H,2,8,11-15,17-20H2,1,3-7H3,(H,43,49)(H,44,46)/t22-,23+,24-,26?,27-,29+,34+,40-/m1/s1. The normalized spacial score (nSPS) is 26.7. The van der Waals surface area contributed by atoms with Gasteiger partial charge in [-0.3, -0.25) is 14.6 Å². The monoisotopic (exact) mass is 800 g/mol. The summed E-state index contributed by atoms with van der Waals surface area (Å²) in [6.07, 6.45) is 2.16. The van der Waals surface area contributed by atoms with Crippen LogP contribution >= 0.6 is 11.6 Å². The number of carbonyl (C=O) groups excluding carboxylic acids is 4. The fourth-order valence-corrected chi connectivity index (χ4v) is 8.39. The van der Waals surface area contributed by atoms with Gasteiger partial charge in [-0.05, 0) is 68.1 Å². The van der Waals surface area contributed by atoms with E-state index in [2.05, 4.69) is 17.2 Å². The fraction of sp³-hybridized carbons (Fsp3) is 0.625. The van der Waals surface area contributed by atoms with Crippen molar-refractivity contribution >= 4 is 46.4 Å². The maximum absolute atomic E-state index is 14.4. The van der Waals surface area contributed by atoms with Crippen molar-refractivity contribution in [2.24, 2.45) is 17.8 Å². The van der Waals surface area contributed by atoms with Crippen LogP contribution in [-0.4, -0.2) is 118 Å². The van der Waals surface area contributed by atoms with Gasteiger partial charge in [0, 0.05) is 51.3 Å². The Kier molecular flexibility index (Phi) is 13.0. The molecule has 4 fully saturated rings. The molecule has 3 amide bonds. The highest BCUT2D eigenvalue weighted by atomic mass is 35.5. The summed E-state index contributed by atoms with van der Waals surface area (Å²) >= 11 is 6.88. The van der Waals surface area contributed by atoms with Crippen LogP contribution < -0.4 is 20.1 Å². The molecule has 1 aliphatic heterocycles. The Bertz CT molecular complexity index is 1810. The Hall–Kier alpha value is -4.18. The topological polar surface area (TPSA) is 173 Å². The number of ether oxygens (including phenoxy) is 7. The van der Waals surface area contributed by atoms with Gasteiger partial charge in [0.05, 0.1) is 25.8 Å². The Morgan fingerprint density at radius 1 is 1.04 bits per heavy atom. The Labute approximate surface area is 332 Å². The number of alkyl carbamates (subject to hydrolysis) is 1. The van der Waals surface area contributed by atoms with Crippen LogP contribution in [0, 0.1) is 17.8 Å². The lowest BCUT2D eigenvalue weighted by molar-refractivity contribution is -0.148. The molecule has 8 atom stereocenters. The number of fused-ring (bicyclic) bond motifs is 2. The zero-order valence-electron chi connectivity index (χ0n) is 32.9.